The van der Waals surface area contributed by atoms with Gasteiger partial charge in [-0.1, -0.05) is 60.1 Å². The van der Waals surface area contributed by atoms with E-state index in [0.717, 1.165) is 24.0 Å². The Morgan fingerprint density at radius 3 is 2.43 bits per heavy atom. The van der Waals surface area contributed by atoms with E-state index in [1.807, 2.05) is 42.5 Å². The predicted octanol–water partition coefficient (Wildman–Crippen LogP) is 3.09. The van der Waals surface area contributed by atoms with Crippen molar-refractivity contribution in [3.63, 3.8) is 0 Å². The van der Waals surface area contributed by atoms with Crippen molar-refractivity contribution >= 4 is 23.7 Å². The van der Waals surface area contributed by atoms with E-state index in [9.17, 15) is 9.59 Å². The summed E-state index contributed by atoms with van der Waals surface area (Å²) in [6.07, 6.45) is 1.58. The van der Waals surface area contributed by atoms with Gasteiger partial charge in [-0.3, -0.25) is 0 Å². The number of hydrogen-bond donors (Lipinski definition) is 2. The monoisotopic (exact) mass is 405 g/mol. The van der Waals surface area contributed by atoms with Crippen LogP contribution in [0.3, 0.4) is 0 Å². The summed E-state index contributed by atoms with van der Waals surface area (Å²) in [4.78, 5) is 23.6. The number of ether oxygens (including phenoxy) is 2. The number of benzene rings is 2. The average Bonchev–Trinajstić information content (AvgIpc) is 2.71. The first-order valence-electron chi connectivity index (χ1n) is 9.24. The number of carbonyl (C=O) groups excluding carboxylic acids is 2. The van der Waals surface area contributed by atoms with Gasteiger partial charge in [-0.05, 0) is 24.5 Å². The van der Waals surface area contributed by atoms with Gasteiger partial charge in [0.1, 0.15) is 13.2 Å². The number of unbranched alkanes of at least 4 members (excludes halogenated alkanes) is 1. The maximum atomic E-state index is 12.0. The van der Waals surface area contributed by atoms with Gasteiger partial charge in [-0.2, -0.15) is 0 Å². The van der Waals surface area contributed by atoms with Gasteiger partial charge in [0.2, 0.25) is 0 Å². The molecule has 2 aromatic carbocycles. The Hall–Kier alpha value is -2.57. The third kappa shape index (κ3) is 7.98. The molecule has 150 valence electrons. The van der Waals surface area contributed by atoms with Crippen molar-refractivity contribution in [2.24, 2.45) is 0 Å². The van der Waals surface area contributed by atoms with Crippen LogP contribution in [0.4, 0.5) is 4.79 Å². The van der Waals surface area contributed by atoms with Crippen molar-refractivity contribution in [1.29, 1.82) is 0 Å². The first-order valence-corrected chi connectivity index (χ1v) is 9.61. The third-order valence-corrected chi connectivity index (χ3v) is 4.49. The molecule has 0 heterocycles. The van der Waals surface area contributed by atoms with Crippen LogP contribution in [0.1, 0.15) is 30.4 Å². The van der Waals surface area contributed by atoms with Gasteiger partial charge in [0, 0.05) is 23.6 Å². The van der Waals surface area contributed by atoms with Gasteiger partial charge >= 0.3 is 12.1 Å². The smallest absolute Gasteiger partial charge is 0.407 e. The summed E-state index contributed by atoms with van der Waals surface area (Å²) in [5.41, 5.74) is 5.56. The van der Waals surface area contributed by atoms with Crippen LogP contribution in [0.25, 0.3) is 0 Å². The number of rotatable bonds is 10. The van der Waals surface area contributed by atoms with Crippen molar-refractivity contribution in [3.8, 4) is 0 Å². The molecular weight excluding hydrogens is 380 g/mol. The van der Waals surface area contributed by atoms with Crippen molar-refractivity contribution in [1.82, 2.24) is 5.32 Å². The lowest BCUT2D eigenvalue weighted by atomic mass is 10.1. The molecule has 0 saturated carbocycles. The number of nitrogens with one attached hydrogen (secondary N) is 1. The summed E-state index contributed by atoms with van der Waals surface area (Å²) < 4.78 is 10.4. The molecule has 7 heteroatoms. The molecule has 0 aliphatic rings. The highest BCUT2D eigenvalue weighted by molar-refractivity contribution is 6.31. The number of amides is 1. The second-order valence-electron chi connectivity index (χ2n) is 6.38. The minimum atomic E-state index is -0.492. The zero-order chi connectivity index (χ0) is 20.2. The van der Waals surface area contributed by atoms with E-state index in [1.54, 1.807) is 12.1 Å². The first-order chi connectivity index (χ1) is 13.6. The van der Waals surface area contributed by atoms with E-state index in [4.69, 9.17) is 21.1 Å². The van der Waals surface area contributed by atoms with Crippen molar-refractivity contribution in [2.75, 3.05) is 6.54 Å². The van der Waals surface area contributed by atoms with Crippen LogP contribution in [0, 0.1) is 0 Å². The van der Waals surface area contributed by atoms with Gasteiger partial charge in [0.15, 0.2) is 6.04 Å². The number of alkyl carbamates (subject to hydrolysis) is 1. The zero-order valence-corrected chi connectivity index (χ0v) is 16.5. The molecule has 6 nitrogen and oxygen atoms in total. The Morgan fingerprint density at radius 2 is 1.68 bits per heavy atom. The number of esters is 1. The summed E-state index contributed by atoms with van der Waals surface area (Å²) in [7, 11) is 0. The highest BCUT2D eigenvalue weighted by atomic mass is 35.5. The van der Waals surface area contributed by atoms with E-state index in [-0.39, 0.29) is 19.2 Å². The van der Waals surface area contributed by atoms with Gasteiger partial charge < -0.3 is 20.5 Å². The summed E-state index contributed by atoms with van der Waals surface area (Å²) in [5, 5.41) is 3.25. The van der Waals surface area contributed by atoms with Crippen LogP contribution in [0.15, 0.2) is 54.6 Å². The van der Waals surface area contributed by atoms with E-state index in [0.29, 0.717) is 18.0 Å². The molecule has 0 bridgehead atoms. The molecule has 2 aromatic rings. The Balaban J connectivity index is 1.53. The maximum absolute atomic E-state index is 12.0. The summed E-state index contributed by atoms with van der Waals surface area (Å²) >= 11 is 6.01. The molecular formula is C21H26ClN2O4+. The normalized spacial score (nSPS) is 11.5. The van der Waals surface area contributed by atoms with E-state index < -0.39 is 12.1 Å². The average molecular weight is 406 g/mol. The topological polar surface area (TPSA) is 92.3 Å². The summed E-state index contributed by atoms with van der Waals surface area (Å²) in [6, 6.07) is 16.3. The fourth-order valence-corrected chi connectivity index (χ4v) is 2.67. The number of halogens is 1. The lowest BCUT2D eigenvalue weighted by molar-refractivity contribution is -0.410. The molecule has 0 aliphatic carbocycles. The maximum Gasteiger partial charge on any atom is 0.407 e. The standard InChI is InChI=1S/C21H25ClN2O4/c22-18-11-5-4-10-17(18)15-28-21(26)24-13-7-6-12-19(23)20(25)27-14-16-8-2-1-3-9-16/h1-5,8-11,19H,6-7,12-15,23H2,(H,24,26)/p+1/t19-/m0/s1. The van der Waals surface area contributed by atoms with Crippen LogP contribution >= 0.6 is 11.6 Å². The number of hydrogen-bond acceptors (Lipinski definition) is 4. The highest BCUT2D eigenvalue weighted by Gasteiger charge is 2.18. The van der Waals surface area contributed by atoms with Crippen LogP contribution in [0.5, 0.6) is 0 Å². The molecule has 0 saturated heterocycles. The SMILES string of the molecule is [NH3+][C@@H](CCCCNC(=O)OCc1ccccc1Cl)C(=O)OCc1ccccc1. The quantitative estimate of drug-likeness (QED) is 0.469. The van der Waals surface area contributed by atoms with Crippen LogP contribution in [0.2, 0.25) is 5.02 Å². The van der Waals surface area contributed by atoms with Crippen LogP contribution in [-0.4, -0.2) is 24.6 Å². The van der Waals surface area contributed by atoms with Crippen molar-refractivity contribution < 1.29 is 24.8 Å². The van der Waals surface area contributed by atoms with E-state index in [1.165, 1.54) is 0 Å². The van der Waals surface area contributed by atoms with Gasteiger partial charge in [-0.15, -0.1) is 0 Å². The Bertz CT molecular complexity index is 755. The molecule has 1 amide bonds. The predicted molar refractivity (Wildman–Crippen MR) is 106 cm³/mol. The van der Waals surface area contributed by atoms with Crippen molar-refractivity contribution in [2.45, 2.75) is 38.5 Å². The molecule has 0 spiro atoms. The minimum absolute atomic E-state index is 0.125. The van der Waals surface area contributed by atoms with Gasteiger partial charge in [0.05, 0.1) is 0 Å². The Kier molecular flexibility index (Phi) is 9.31. The molecule has 0 radical (unpaired) electrons. The lowest BCUT2D eigenvalue weighted by Crippen LogP contribution is -2.65. The fraction of sp³-hybridized carbons (Fsp3) is 0.333. The Morgan fingerprint density at radius 1 is 0.964 bits per heavy atom. The molecule has 2 rings (SSSR count). The molecule has 28 heavy (non-hydrogen) atoms. The summed E-state index contributed by atoms with van der Waals surface area (Å²) in [5.74, 6) is -0.309. The zero-order valence-electron chi connectivity index (χ0n) is 15.7. The molecule has 0 fully saturated rings. The molecule has 1 atom stereocenters. The Labute approximate surface area is 170 Å². The molecule has 0 aliphatic heterocycles. The van der Waals surface area contributed by atoms with E-state index in [2.05, 4.69) is 11.1 Å². The summed E-state index contributed by atoms with van der Waals surface area (Å²) in [6.45, 7) is 0.845. The van der Waals surface area contributed by atoms with Crippen LogP contribution < -0.4 is 11.1 Å². The number of quaternary nitrogens is 1. The van der Waals surface area contributed by atoms with Crippen LogP contribution in [-0.2, 0) is 27.5 Å². The molecule has 0 aromatic heterocycles. The second-order valence-corrected chi connectivity index (χ2v) is 6.79. The second kappa shape index (κ2) is 12.0. The van der Waals surface area contributed by atoms with E-state index >= 15 is 0 Å². The minimum Gasteiger partial charge on any atom is -0.456 e. The lowest BCUT2D eigenvalue weighted by Gasteiger charge is -2.10. The first kappa shape index (κ1) is 21.7. The fourth-order valence-electron chi connectivity index (χ4n) is 2.48. The largest absolute Gasteiger partial charge is 0.456 e. The van der Waals surface area contributed by atoms with Gasteiger partial charge in [0.25, 0.3) is 0 Å². The molecule has 0 unspecified atom stereocenters. The molecule has 4 N–H and O–H groups in total. The third-order valence-electron chi connectivity index (χ3n) is 4.12. The number of carbonyl (C=O) groups is 2. The van der Waals surface area contributed by atoms with Gasteiger partial charge in [-0.25, -0.2) is 9.59 Å². The highest BCUT2D eigenvalue weighted by Crippen LogP contribution is 2.15. The van der Waals surface area contributed by atoms with Crippen molar-refractivity contribution in [3.05, 3.63) is 70.7 Å².